The molecule has 0 spiro atoms. The molecule has 0 heterocycles. The van der Waals surface area contributed by atoms with Gasteiger partial charge < -0.3 is 10.1 Å². The van der Waals surface area contributed by atoms with E-state index in [1.807, 2.05) is 12.1 Å². The molecule has 0 aliphatic carbocycles. The third kappa shape index (κ3) is 3.51. The third-order valence-electron chi connectivity index (χ3n) is 3.23. The van der Waals surface area contributed by atoms with Gasteiger partial charge in [0.1, 0.15) is 5.75 Å². The van der Waals surface area contributed by atoms with Gasteiger partial charge in [-0.25, -0.2) is 0 Å². The quantitative estimate of drug-likeness (QED) is 0.883. The Morgan fingerprint density at radius 2 is 1.84 bits per heavy atom. The first-order valence-electron chi connectivity index (χ1n) is 6.23. The van der Waals surface area contributed by atoms with Crippen LogP contribution in [0.25, 0.3) is 0 Å². The minimum absolute atomic E-state index is 0.741. The van der Waals surface area contributed by atoms with Gasteiger partial charge in [-0.15, -0.1) is 0 Å². The van der Waals surface area contributed by atoms with Crippen LogP contribution >= 0.6 is 15.9 Å². The normalized spacial score (nSPS) is 10.3. The summed E-state index contributed by atoms with van der Waals surface area (Å²) in [7, 11) is 1.70. The van der Waals surface area contributed by atoms with E-state index in [-0.39, 0.29) is 0 Å². The fourth-order valence-electron chi connectivity index (χ4n) is 1.93. The summed E-state index contributed by atoms with van der Waals surface area (Å²) in [6, 6.07) is 12.4. The molecule has 3 heteroatoms. The smallest absolute Gasteiger partial charge is 0.123 e. The zero-order chi connectivity index (χ0) is 13.8. The van der Waals surface area contributed by atoms with Crippen molar-refractivity contribution in [2.24, 2.45) is 0 Å². The molecule has 0 unspecified atom stereocenters. The van der Waals surface area contributed by atoms with E-state index in [0.717, 1.165) is 28.0 Å². The van der Waals surface area contributed by atoms with Crippen LogP contribution in [-0.4, -0.2) is 7.11 Å². The van der Waals surface area contributed by atoms with Crippen molar-refractivity contribution in [3.63, 3.8) is 0 Å². The highest BCUT2D eigenvalue weighted by Gasteiger charge is 2.04. The van der Waals surface area contributed by atoms with Gasteiger partial charge in [0.25, 0.3) is 0 Å². The zero-order valence-corrected chi connectivity index (χ0v) is 13.0. The van der Waals surface area contributed by atoms with Gasteiger partial charge in [0.15, 0.2) is 0 Å². The number of ether oxygens (including phenoxy) is 1. The van der Waals surface area contributed by atoms with Crippen molar-refractivity contribution in [2.45, 2.75) is 20.4 Å². The predicted molar refractivity (Wildman–Crippen MR) is 83.9 cm³/mol. The Morgan fingerprint density at radius 1 is 1.05 bits per heavy atom. The SMILES string of the molecule is COc1ccc(Br)cc1CNc1ccc(C)c(C)c1. The van der Waals surface area contributed by atoms with Gasteiger partial charge in [-0.3, -0.25) is 0 Å². The first kappa shape index (κ1) is 13.9. The largest absolute Gasteiger partial charge is 0.496 e. The molecular weight excluding hydrogens is 302 g/mol. The molecule has 0 atom stereocenters. The third-order valence-corrected chi connectivity index (χ3v) is 3.73. The Kier molecular flexibility index (Phi) is 4.48. The van der Waals surface area contributed by atoms with Crippen molar-refractivity contribution in [2.75, 3.05) is 12.4 Å². The molecule has 0 aromatic heterocycles. The summed E-state index contributed by atoms with van der Waals surface area (Å²) in [4.78, 5) is 0. The van der Waals surface area contributed by atoms with Crippen molar-refractivity contribution in [1.82, 2.24) is 0 Å². The minimum Gasteiger partial charge on any atom is -0.496 e. The summed E-state index contributed by atoms with van der Waals surface area (Å²) in [5.41, 5.74) is 4.87. The van der Waals surface area contributed by atoms with Gasteiger partial charge in [0.05, 0.1) is 7.11 Å². The molecule has 2 rings (SSSR count). The molecule has 0 fully saturated rings. The number of hydrogen-bond donors (Lipinski definition) is 1. The molecule has 2 aromatic rings. The van der Waals surface area contributed by atoms with E-state index in [1.165, 1.54) is 11.1 Å². The van der Waals surface area contributed by atoms with Crippen LogP contribution in [-0.2, 0) is 6.54 Å². The van der Waals surface area contributed by atoms with Gasteiger partial charge in [0.2, 0.25) is 0 Å². The zero-order valence-electron chi connectivity index (χ0n) is 11.5. The molecule has 0 radical (unpaired) electrons. The van der Waals surface area contributed by atoms with Gasteiger partial charge in [-0.2, -0.15) is 0 Å². The Hall–Kier alpha value is -1.48. The number of benzene rings is 2. The van der Waals surface area contributed by atoms with E-state index in [1.54, 1.807) is 7.11 Å². The highest BCUT2D eigenvalue weighted by atomic mass is 79.9. The van der Waals surface area contributed by atoms with E-state index in [0.29, 0.717) is 0 Å². The fourth-order valence-corrected chi connectivity index (χ4v) is 2.34. The summed E-state index contributed by atoms with van der Waals surface area (Å²) >= 11 is 3.49. The van der Waals surface area contributed by atoms with Crippen LogP contribution in [0, 0.1) is 13.8 Å². The second-order valence-corrected chi connectivity index (χ2v) is 5.52. The van der Waals surface area contributed by atoms with Crippen LogP contribution in [0.3, 0.4) is 0 Å². The molecule has 0 aliphatic heterocycles. The van der Waals surface area contributed by atoms with Crippen molar-refractivity contribution in [1.29, 1.82) is 0 Å². The van der Waals surface area contributed by atoms with E-state index in [9.17, 15) is 0 Å². The maximum absolute atomic E-state index is 5.37. The maximum Gasteiger partial charge on any atom is 0.123 e. The lowest BCUT2D eigenvalue weighted by Gasteiger charge is -2.12. The molecule has 100 valence electrons. The summed E-state index contributed by atoms with van der Waals surface area (Å²) in [5, 5.41) is 3.43. The average molecular weight is 320 g/mol. The Morgan fingerprint density at radius 3 is 2.53 bits per heavy atom. The number of anilines is 1. The first-order chi connectivity index (χ1) is 9.10. The Bertz CT molecular complexity index is 581. The number of methoxy groups -OCH3 is 1. The number of rotatable bonds is 4. The molecule has 2 nitrogen and oxygen atoms in total. The summed E-state index contributed by atoms with van der Waals surface area (Å²) in [6.07, 6.45) is 0. The summed E-state index contributed by atoms with van der Waals surface area (Å²) in [6.45, 7) is 4.99. The molecule has 0 bridgehead atoms. The molecule has 0 amide bonds. The maximum atomic E-state index is 5.37. The van der Waals surface area contributed by atoms with Gasteiger partial charge in [0, 0.05) is 22.3 Å². The van der Waals surface area contributed by atoms with Crippen LogP contribution in [0.4, 0.5) is 5.69 Å². The standard InChI is InChI=1S/C16H18BrNO/c1-11-4-6-15(8-12(11)2)18-10-13-9-14(17)5-7-16(13)19-3/h4-9,18H,10H2,1-3H3. The first-order valence-corrected chi connectivity index (χ1v) is 7.03. The average Bonchev–Trinajstić information content (AvgIpc) is 2.40. The number of halogens is 1. The van der Waals surface area contributed by atoms with Crippen LogP contribution < -0.4 is 10.1 Å². The van der Waals surface area contributed by atoms with Crippen LogP contribution in [0.5, 0.6) is 5.75 Å². The molecule has 0 saturated carbocycles. The van der Waals surface area contributed by atoms with E-state index < -0.39 is 0 Å². The van der Waals surface area contributed by atoms with Crippen molar-refractivity contribution in [3.8, 4) is 5.75 Å². The van der Waals surface area contributed by atoms with Crippen molar-refractivity contribution in [3.05, 3.63) is 57.6 Å². The lowest BCUT2D eigenvalue weighted by molar-refractivity contribution is 0.410. The lowest BCUT2D eigenvalue weighted by Crippen LogP contribution is -2.02. The monoisotopic (exact) mass is 319 g/mol. The number of aryl methyl sites for hydroxylation is 2. The van der Waals surface area contributed by atoms with Crippen LogP contribution in [0.2, 0.25) is 0 Å². The molecular formula is C16H18BrNO. The molecule has 1 N–H and O–H groups in total. The van der Waals surface area contributed by atoms with E-state index in [4.69, 9.17) is 4.74 Å². The molecule has 2 aromatic carbocycles. The van der Waals surface area contributed by atoms with E-state index in [2.05, 4.69) is 59.4 Å². The lowest BCUT2D eigenvalue weighted by atomic mass is 10.1. The van der Waals surface area contributed by atoms with Gasteiger partial charge in [-0.1, -0.05) is 22.0 Å². The second-order valence-electron chi connectivity index (χ2n) is 4.61. The minimum atomic E-state index is 0.741. The number of nitrogens with one attached hydrogen (secondary N) is 1. The molecule has 0 saturated heterocycles. The van der Waals surface area contributed by atoms with Gasteiger partial charge in [-0.05, 0) is 55.3 Å². The van der Waals surface area contributed by atoms with Crippen molar-refractivity contribution >= 4 is 21.6 Å². The highest BCUT2D eigenvalue weighted by Crippen LogP contribution is 2.24. The topological polar surface area (TPSA) is 21.3 Å². The molecule has 0 aliphatic rings. The van der Waals surface area contributed by atoms with E-state index >= 15 is 0 Å². The summed E-state index contributed by atoms with van der Waals surface area (Å²) < 4.78 is 6.43. The summed E-state index contributed by atoms with van der Waals surface area (Å²) in [5.74, 6) is 0.902. The second kappa shape index (κ2) is 6.11. The van der Waals surface area contributed by atoms with Crippen molar-refractivity contribution < 1.29 is 4.74 Å². The fraction of sp³-hybridized carbons (Fsp3) is 0.250. The predicted octanol–water partition coefficient (Wildman–Crippen LogP) is 4.69. The van der Waals surface area contributed by atoms with Crippen LogP contribution in [0.1, 0.15) is 16.7 Å². The molecule has 19 heavy (non-hydrogen) atoms. The van der Waals surface area contributed by atoms with Gasteiger partial charge >= 0.3 is 0 Å². The van der Waals surface area contributed by atoms with Crippen LogP contribution in [0.15, 0.2) is 40.9 Å². The Balaban J connectivity index is 2.13. The number of hydrogen-bond acceptors (Lipinski definition) is 2. The Labute approximate surface area is 122 Å². The highest BCUT2D eigenvalue weighted by molar-refractivity contribution is 9.10.